The van der Waals surface area contributed by atoms with Crippen molar-refractivity contribution >= 4 is 5.69 Å². The molecule has 0 fully saturated rings. The van der Waals surface area contributed by atoms with Gasteiger partial charge in [-0.15, -0.1) is 0 Å². The molecule has 1 aromatic carbocycles. The largest absolute Gasteiger partial charge is 0.377 e. The molecule has 0 radical (unpaired) electrons. The standard InChI is InChI=1S/C13H21N/c1-5-11(6-2)12-9-7-8-10-13(12)14(3)4/h7-11H,5-6H2,1-4H3. The number of benzene rings is 1. The second-order valence-electron chi connectivity index (χ2n) is 3.97. The summed E-state index contributed by atoms with van der Waals surface area (Å²) < 4.78 is 0. The molecular weight excluding hydrogens is 170 g/mol. The maximum Gasteiger partial charge on any atom is 0.0396 e. The zero-order valence-corrected chi connectivity index (χ0v) is 9.75. The number of hydrogen-bond acceptors (Lipinski definition) is 1. The minimum atomic E-state index is 0.702. The van der Waals surface area contributed by atoms with Crippen LogP contribution in [0.15, 0.2) is 24.3 Å². The van der Waals surface area contributed by atoms with Crippen molar-refractivity contribution in [1.82, 2.24) is 0 Å². The molecule has 1 rings (SSSR count). The van der Waals surface area contributed by atoms with Crippen LogP contribution in [0.25, 0.3) is 0 Å². The normalized spacial score (nSPS) is 10.6. The highest BCUT2D eigenvalue weighted by molar-refractivity contribution is 5.53. The second-order valence-corrected chi connectivity index (χ2v) is 3.97. The van der Waals surface area contributed by atoms with Crippen molar-refractivity contribution in [2.24, 2.45) is 0 Å². The van der Waals surface area contributed by atoms with Crippen LogP contribution < -0.4 is 4.90 Å². The minimum absolute atomic E-state index is 0.702. The first-order valence-corrected chi connectivity index (χ1v) is 5.46. The van der Waals surface area contributed by atoms with E-state index in [9.17, 15) is 0 Å². The van der Waals surface area contributed by atoms with E-state index in [0.717, 1.165) is 0 Å². The Balaban J connectivity index is 3.05. The average Bonchev–Trinajstić information content (AvgIpc) is 2.20. The molecule has 0 aliphatic rings. The Hall–Kier alpha value is -0.980. The summed E-state index contributed by atoms with van der Waals surface area (Å²) in [7, 11) is 4.22. The fraction of sp³-hybridized carbons (Fsp3) is 0.538. The summed E-state index contributed by atoms with van der Waals surface area (Å²) >= 11 is 0. The Bertz CT molecular complexity index is 274. The van der Waals surface area contributed by atoms with Crippen LogP contribution in [-0.2, 0) is 0 Å². The number of rotatable bonds is 4. The van der Waals surface area contributed by atoms with E-state index in [1.165, 1.54) is 24.1 Å². The first kappa shape index (κ1) is 11.1. The zero-order chi connectivity index (χ0) is 10.6. The van der Waals surface area contributed by atoms with Gasteiger partial charge in [0.05, 0.1) is 0 Å². The van der Waals surface area contributed by atoms with Crippen LogP contribution in [0.2, 0.25) is 0 Å². The van der Waals surface area contributed by atoms with Crippen molar-refractivity contribution < 1.29 is 0 Å². The molecule has 1 aromatic rings. The summed E-state index contributed by atoms with van der Waals surface area (Å²) in [5.41, 5.74) is 2.85. The van der Waals surface area contributed by atoms with Gasteiger partial charge in [0.1, 0.15) is 0 Å². The molecule has 0 aliphatic carbocycles. The van der Waals surface area contributed by atoms with Crippen molar-refractivity contribution in [3.8, 4) is 0 Å². The first-order chi connectivity index (χ1) is 6.70. The zero-order valence-electron chi connectivity index (χ0n) is 9.75. The SMILES string of the molecule is CCC(CC)c1ccccc1N(C)C. The van der Waals surface area contributed by atoms with Gasteiger partial charge in [-0.3, -0.25) is 0 Å². The van der Waals surface area contributed by atoms with E-state index < -0.39 is 0 Å². The molecule has 0 saturated carbocycles. The Morgan fingerprint density at radius 1 is 1.07 bits per heavy atom. The molecule has 78 valence electrons. The van der Waals surface area contributed by atoms with Gasteiger partial charge in [-0.05, 0) is 30.4 Å². The molecule has 0 atom stereocenters. The molecule has 1 heteroatoms. The summed E-state index contributed by atoms with van der Waals surface area (Å²) in [6, 6.07) is 8.71. The third-order valence-corrected chi connectivity index (χ3v) is 2.84. The predicted molar refractivity (Wildman–Crippen MR) is 64.1 cm³/mol. The highest BCUT2D eigenvalue weighted by Crippen LogP contribution is 2.30. The van der Waals surface area contributed by atoms with Crippen molar-refractivity contribution in [3.05, 3.63) is 29.8 Å². The lowest BCUT2D eigenvalue weighted by molar-refractivity contribution is 0.641. The van der Waals surface area contributed by atoms with Gasteiger partial charge in [0.2, 0.25) is 0 Å². The highest BCUT2D eigenvalue weighted by atomic mass is 15.1. The van der Waals surface area contributed by atoms with Crippen LogP contribution >= 0.6 is 0 Å². The van der Waals surface area contributed by atoms with Crippen LogP contribution in [-0.4, -0.2) is 14.1 Å². The molecule has 14 heavy (non-hydrogen) atoms. The fourth-order valence-corrected chi connectivity index (χ4v) is 1.97. The fourth-order valence-electron chi connectivity index (χ4n) is 1.97. The van der Waals surface area contributed by atoms with E-state index in [2.05, 4.69) is 57.1 Å². The monoisotopic (exact) mass is 191 g/mol. The number of anilines is 1. The molecule has 0 heterocycles. The van der Waals surface area contributed by atoms with Crippen molar-refractivity contribution in [1.29, 1.82) is 0 Å². The van der Waals surface area contributed by atoms with E-state index in [4.69, 9.17) is 0 Å². The Morgan fingerprint density at radius 3 is 2.14 bits per heavy atom. The quantitative estimate of drug-likeness (QED) is 0.702. The third-order valence-electron chi connectivity index (χ3n) is 2.84. The van der Waals surface area contributed by atoms with Gasteiger partial charge in [-0.2, -0.15) is 0 Å². The van der Waals surface area contributed by atoms with E-state index in [-0.39, 0.29) is 0 Å². The topological polar surface area (TPSA) is 3.24 Å². The first-order valence-electron chi connectivity index (χ1n) is 5.46. The maximum atomic E-state index is 2.26. The minimum Gasteiger partial charge on any atom is -0.377 e. The Kier molecular flexibility index (Phi) is 3.99. The summed E-state index contributed by atoms with van der Waals surface area (Å²) in [6.45, 7) is 4.53. The van der Waals surface area contributed by atoms with Crippen molar-refractivity contribution in [2.75, 3.05) is 19.0 Å². The average molecular weight is 191 g/mol. The number of hydrogen-bond donors (Lipinski definition) is 0. The molecule has 0 aliphatic heterocycles. The smallest absolute Gasteiger partial charge is 0.0396 e. The number of para-hydroxylation sites is 1. The highest BCUT2D eigenvalue weighted by Gasteiger charge is 2.11. The van der Waals surface area contributed by atoms with Gasteiger partial charge < -0.3 is 4.90 Å². The lowest BCUT2D eigenvalue weighted by atomic mass is 9.92. The van der Waals surface area contributed by atoms with Gasteiger partial charge in [0, 0.05) is 19.8 Å². The van der Waals surface area contributed by atoms with E-state index in [1.807, 2.05) is 0 Å². The van der Waals surface area contributed by atoms with Gasteiger partial charge >= 0.3 is 0 Å². The Morgan fingerprint density at radius 2 is 1.64 bits per heavy atom. The molecule has 1 nitrogen and oxygen atoms in total. The predicted octanol–water partition coefficient (Wildman–Crippen LogP) is 3.66. The maximum absolute atomic E-state index is 2.26. The van der Waals surface area contributed by atoms with E-state index >= 15 is 0 Å². The summed E-state index contributed by atoms with van der Waals surface area (Å²) in [5, 5.41) is 0. The lowest BCUT2D eigenvalue weighted by Crippen LogP contribution is -2.12. The number of nitrogens with zero attached hydrogens (tertiary/aromatic N) is 1. The van der Waals surface area contributed by atoms with E-state index in [1.54, 1.807) is 0 Å². The molecule has 0 saturated heterocycles. The molecule has 0 bridgehead atoms. The third kappa shape index (κ3) is 2.28. The van der Waals surface area contributed by atoms with Crippen LogP contribution in [0.3, 0.4) is 0 Å². The van der Waals surface area contributed by atoms with Gasteiger partial charge in [-0.25, -0.2) is 0 Å². The molecule has 0 aromatic heterocycles. The van der Waals surface area contributed by atoms with Crippen LogP contribution in [0.1, 0.15) is 38.2 Å². The van der Waals surface area contributed by atoms with Crippen molar-refractivity contribution in [2.45, 2.75) is 32.6 Å². The van der Waals surface area contributed by atoms with Gasteiger partial charge in [-0.1, -0.05) is 32.0 Å². The van der Waals surface area contributed by atoms with Crippen molar-refractivity contribution in [3.63, 3.8) is 0 Å². The van der Waals surface area contributed by atoms with E-state index in [0.29, 0.717) is 5.92 Å². The molecule has 0 spiro atoms. The van der Waals surface area contributed by atoms with Gasteiger partial charge in [0.15, 0.2) is 0 Å². The summed E-state index contributed by atoms with van der Waals surface area (Å²) in [6.07, 6.45) is 2.45. The van der Waals surface area contributed by atoms with Gasteiger partial charge in [0.25, 0.3) is 0 Å². The summed E-state index contributed by atoms with van der Waals surface area (Å²) in [5.74, 6) is 0.702. The summed E-state index contributed by atoms with van der Waals surface area (Å²) in [4.78, 5) is 2.20. The van der Waals surface area contributed by atoms with Crippen LogP contribution in [0, 0.1) is 0 Å². The molecule has 0 unspecified atom stereocenters. The second kappa shape index (κ2) is 5.04. The van der Waals surface area contributed by atoms with Crippen LogP contribution in [0.5, 0.6) is 0 Å². The molecular formula is C13H21N. The lowest BCUT2D eigenvalue weighted by Gasteiger charge is -2.22. The van der Waals surface area contributed by atoms with Crippen LogP contribution in [0.4, 0.5) is 5.69 Å². The molecule has 0 N–H and O–H groups in total. The Labute approximate surface area is 87.7 Å². The molecule has 0 amide bonds.